The molecule has 0 aromatic heterocycles. The molecule has 29 nitrogen and oxygen atoms in total. The Morgan fingerprint density at radius 2 is 1.29 bits per heavy atom. The summed E-state index contributed by atoms with van der Waals surface area (Å²) in [6, 6.07) is 12.4. The summed E-state index contributed by atoms with van der Waals surface area (Å²) < 4.78 is 42.6. The molecule has 0 spiro atoms. The molecule has 0 bridgehead atoms. The summed E-state index contributed by atoms with van der Waals surface area (Å²) in [6.07, 6.45) is -20.8. The highest BCUT2D eigenvalue weighted by Crippen LogP contribution is 2.38. The molecule has 370 valence electrons. The lowest BCUT2D eigenvalue weighted by Gasteiger charge is -2.46. The van der Waals surface area contributed by atoms with Gasteiger partial charge in [0.2, 0.25) is 0 Å². The van der Waals surface area contributed by atoms with Gasteiger partial charge in [-0.2, -0.15) is 0 Å². The van der Waals surface area contributed by atoms with Crippen molar-refractivity contribution in [2.45, 2.75) is 156 Å². The van der Waals surface area contributed by atoms with E-state index in [4.69, 9.17) is 38.7 Å². The minimum Gasteiger partial charge on any atom is -0.445 e. The van der Waals surface area contributed by atoms with Gasteiger partial charge in [-0.25, -0.2) is 4.79 Å². The topological polar surface area (TPSA) is 430 Å². The molecule has 4 aliphatic rings. The highest BCUT2D eigenvalue weighted by molar-refractivity contribution is 5.68. The molecule has 6 rings (SSSR count). The summed E-state index contributed by atoms with van der Waals surface area (Å²) in [4.78, 5) is 29.6. The van der Waals surface area contributed by atoms with E-state index in [-0.39, 0.29) is 32.4 Å². The van der Waals surface area contributed by atoms with Crippen molar-refractivity contribution in [1.82, 2.24) is 4.90 Å². The molecule has 1 saturated carbocycles. The number of nitrogens with zero attached hydrogens (tertiary/aromatic N) is 16. The first-order valence-electron chi connectivity index (χ1n) is 21.9. The van der Waals surface area contributed by atoms with Gasteiger partial charge in [0.05, 0.1) is 67.8 Å². The lowest BCUT2D eigenvalue weighted by molar-refractivity contribution is -0.292. The Morgan fingerprint density at radius 1 is 0.681 bits per heavy atom. The fourth-order valence-electron chi connectivity index (χ4n) is 8.89. The highest BCUT2D eigenvalue weighted by Gasteiger charge is 2.55. The lowest BCUT2D eigenvalue weighted by Crippen LogP contribution is -2.61. The van der Waals surface area contributed by atoms with Crippen molar-refractivity contribution >= 4 is 6.09 Å². The molecular formula is C40H52N16O13. The molecule has 2 aromatic carbocycles. The van der Waals surface area contributed by atoms with E-state index < -0.39 is 129 Å². The van der Waals surface area contributed by atoms with E-state index in [1.165, 1.54) is 0 Å². The third-order valence-electron chi connectivity index (χ3n) is 12.3. The second kappa shape index (κ2) is 25.4. The Bertz CT molecular complexity index is 2250. The Hall–Kier alpha value is -6.18. The van der Waals surface area contributed by atoms with E-state index >= 15 is 0 Å². The third-order valence-corrected chi connectivity index (χ3v) is 12.3. The monoisotopic (exact) mass is 964 g/mol. The third kappa shape index (κ3) is 12.7. The summed E-state index contributed by atoms with van der Waals surface area (Å²) in [7, 11) is 0. The van der Waals surface area contributed by atoms with Crippen LogP contribution in [0.3, 0.4) is 0 Å². The predicted octanol–water partition coefficient (Wildman–Crippen LogP) is 4.58. The maximum Gasteiger partial charge on any atom is 0.410 e. The second-order valence-electron chi connectivity index (χ2n) is 16.4. The summed E-state index contributed by atoms with van der Waals surface area (Å²) in [5.74, 6) is 0. The molecule has 4 fully saturated rings. The van der Waals surface area contributed by atoms with Crippen LogP contribution in [-0.4, -0.2) is 160 Å². The zero-order valence-electron chi connectivity index (χ0n) is 37.0. The molecule has 1 amide bonds. The first-order valence-corrected chi connectivity index (χ1v) is 21.9. The molecule has 18 atom stereocenters. The second-order valence-corrected chi connectivity index (χ2v) is 16.4. The zero-order chi connectivity index (χ0) is 49.5. The Balaban J connectivity index is 1.28. The molecule has 5 N–H and O–H groups in total. The minimum atomic E-state index is -1.89. The van der Waals surface area contributed by atoms with Crippen molar-refractivity contribution in [3.05, 3.63) is 124 Å². The van der Waals surface area contributed by atoms with Crippen molar-refractivity contribution in [2.75, 3.05) is 13.2 Å². The van der Waals surface area contributed by atoms with Gasteiger partial charge in [0.15, 0.2) is 18.9 Å². The van der Waals surface area contributed by atoms with E-state index in [1.54, 1.807) is 4.90 Å². The van der Waals surface area contributed by atoms with Gasteiger partial charge in [-0.1, -0.05) is 93.2 Å². The number of ether oxygens (including phenoxy) is 7. The van der Waals surface area contributed by atoms with E-state index in [0.717, 1.165) is 11.1 Å². The van der Waals surface area contributed by atoms with Gasteiger partial charge in [0.25, 0.3) is 0 Å². The van der Waals surface area contributed by atoms with Crippen LogP contribution < -0.4 is 0 Å². The van der Waals surface area contributed by atoms with Crippen molar-refractivity contribution < 1.29 is 63.5 Å². The normalized spacial score (nSPS) is 34.5. The molecule has 29 heteroatoms. The van der Waals surface area contributed by atoms with Crippen LogP contribution in [0.15, 0.2) is 86.2 Å². The van der Waals surface area contributed by atoms with Crippen LogP contribution in [0.2, 0.25) is 0 Å². The molecule has 0 radical (unpaired) electrons. The zero-order valence-corrected chi connectivity index (χ0v) is 37.0. The van der Waals surface area contributed by atoms with E-state index in [2.05, 4.69) is 50.1 Å². The largest absolute Gasteiger partial charge is 0.445 e. The van der Waals surface area contributed by atoms with E-state index in [1.807, 2.05) is 67.6 Å². The van der Waals surface area contributed by atoms with Crippen LogP contribution in [0.1, 0.15) is 43.7 Å². The van der Waals surface area contributed by atoms with Gasteiger partial charge >= 0.3 is 6.09 Å². The van der Waals surface area contributed by atoms with Gasteiger partial charge in [-0.05, 0) is 64.5 Å². The van der Waals surface area contributed by atoms with Crippen LogP contribution >= 0.6 is 0 Å². The van der Waals surface area contributed by atoms with Crippen LogP contribution in [0, 0.1) is 0 Å². The fourth-order valence-corrected chi connectivity index (χ4v) is 8.89. The quantitative estimate of drug-likeness (QED) is 0.0690. The molecular weight excluding hydrogens is 913 g/mol. The molecule has 0 unspecified atom stereocenters. The number of carbonyl (C=O) groups excluding carboxylic acids is 1. The van der Waals surface area contributed by atoms with Gasteiger partial charge in [-0.15, -0.1) is 0 Å². The van der Waals surface area contributed by atoms with Gasteiger partial charge in [0.1, 0.15) is 43.2 Å². The average Bonchev–Trinajstić information content (AvgIpc) is 3.66. The van der Waals surface area contributed by atoms with Crippen molar-refractivity contribution in [2.24, 2.45) is 25.6 Å². The van der Waals surface area contributed by atoms with Crippen molar-refractivity contribution in [1.29, 1.82) is 0 Å². The number of carbonyl (C=O) groups is 1. The number of aliphatic hydroxyl groups excluding tert-OH is 5. The van der Waals surface area contributed by atoms with Gasteiger partial charge in [0, 0.05) is 31.1 Å². The summed E-state index contributed by atoms with van der Waals surface area (Å²) in [6.45, 7) is 0.644. The molecule has 3 aliphatic heterocycles. The van der Waals surface area contributed by atoms with Crippen LogP contribution in [0.4, 0.5) is 4.79 Å². The number of amides is 1. The standard InChI is InChI=1S/C40H52N16O13/c1-2-25(56(17-20-9-5-3-6-10-20)40(62)63-19-21-11-7-4-8-12-21)26-14-13-22(47-52-42)37(64-26)67-34-24(49-54-44)15-23(48-53-43)30(58)36(34)69-39-33(61)35(28(18-57)66-39)68-38-29(50-55-45)32(60)31(59)27(65-38)16-46-51-41/h3-12,22-39,57-61H,2,13-19H2,1H3/t22-,23-,24+,25+,26+,27+,28-,29-,30+,31-,32-,33-,34-,35-,36-,37-,38-,39+/m1/s1. The molecule has 3 heterocycles. The first-order chi connectivity index (χ1) is 33.5. The maximum absolute atomic E-state index is 14.0. The van der Waals surface area contributed by atoms with Crippen molar-refractivity contribution in [3.8, 4) is 0 Å². The molecule has 2 aromatic rings. The Morgan fingerprint density at radius 3 is 1.93 bits per heavy atom. The summed E-state index contributed by atoms with van der Waals surface area (Å²) >= 11 is 0. The number of hydrogen-bond donors (Lipinski definition) is 5. The maximum atomic E-state index is 14.0. The van der Waals surface area contributed by atoms with Crippen LogP contribution in [0.5, 0.6) is 0 Å². The lowest BCUT2D eigenvalue weighted by atomic mass is 9.84. The van der Waals surface area contributed by atoms with Gasteiger partial charge in [-0.3, -0.25) is 4.90 Å². The number of aliphatic hydroxyl groups is 5. The van der Waals surface area contributed by atoms with Gasteiger partial charge < -0.3 is 58.7 Å². The predicted molar refractivity (Wildman–Crippen MR) is 234 cm³/mol. The average molecular weight is 965 g/mol. The minimum absolute atomic E-state index is 0.0107. The van der Waals surface area contributed by atoms with E-state index in [9.17, 15) is 52.5 Å². The molecule has 69 heavy (non-hydrogen) atoms. The Kier molecular flexibility index (Phi) is 19.2. The number of benzene rings is 2. The highest BCUT2D eigenvalue weighted by atomic mass is 16.8. The molecule has 1 aliphatic carbocycles. The molecule has 3 saturated heterocycles. The summed E-state index contributed by atoms with van der Waals surface area (Å²) in [5, 5.41) is 73.5. The van der Waals surface area contributed by atoms with E-state index in [0.29, 0.717) is 6.42 Å². The first kappa shape index (κ1) is 52.2. The fraction of sp³-hybridized carbons (Fsp3) is 0.675. The number of rotatable bonds is 20. The number of azide groups is 5. The SMILES string of the molecule is CC[C@@H]([C@@H]1CC[C@@H](N=[N+]=[N-])[C@@H](O[C@H]2[C@H](O[C@@H]3O[C@H](CO)[C@@H](O[C@H]4O[C@@H](CN=[N+]=[N-])[C@@H](O)[C@H](O)[C@H]4N=[N+]=[N-])[C@H]3O)[C@@H](O)[C@H](N=[N+]=[N-])C[C@@H]2N=[N+]=[N-])O1)N(Cc1ccccc1)C(=O)OCc1ccccc1. The van der Waals surface area contributed by atoms with Crippen LogP contribution in [-0.2, 0) is 46.3 Å². The summed E-state index contributed by atoms with van der Waals surface area (Å²) in [5.41, 5.74) is 48.4. The number of hydrogen-bond acceptors (Lipinski definition) is 18. The van der Waals surface area contributed by atoms with Crippen LogP contribution in [0.25, 0.3) is 52.2 Å². The Labute approximate surface area is 392 Å². The van der Waals surface area contributed by atoms with Crippen molar-refractivity contribution in [3.63, 3.8) is 0 Å². The smallest absolute Gasteiger partial charge is 0.410 e.